The van der Waals surface area contributed by atoms with E-state index in [0.29, 0.717) is 6.04 Å². The Kier molecular flexibility index (Phi) is 4.37. The summed E-state index contributed by atoms with van der Waals surface area (Å²) in [6, 6.07) is 9.28. The number of likely N-dealkylation sites (tertiary alicyclic amines) is 1. The number of carbonyl (C=O) groups excluding carboxylic acids is 1. The van der Waals surface area contributed by atoms with E-state index in [4.69, 9.17) is 5.73 Å². The van der Waals surface area contributed by atoms with Crippen LogP contribution in [0.2, 0.25) is 0 Å². The van der Waals surface area contributed by atoms with E-state index in [2.05, 4.69) is 49.9 Å². The first-order chi connectivity index (χ1) is 10.9. The molecule has 1 saturated heterocycles. The van der Waals surface area contributed by atoms with E-state index in [0.717, 1.165) is 38.9 Å². The number of rotatable bonds is 3. The van der Waals surface area contributed by atoms with Gasteiger partial charge in [-0.25, -0.2) is 0 Å². The summed E-state index contributed by atoms with van der Waals surface area (Å²) in [4.78, 5) is 17.4. The van der Waals surface area contributed by atoms with Gasteiger partial charge in [0, 0.05) is 37.4 Å². The number of benzene rings is 1. The Balaban J connectivity index is 1.72. The molecular weight excluding hydrogens is 286 g/mol. The fourth-order valence-electron chi connectivity index (χ4n) is 3.89. The zero-order valence-corrected chi connectivity index (χ0v) is 14.6. The van der Waals surface area contributed by atoms with Gasteiger partial charge in [0.1, 0.15) is 0 Å². The molecule has 2 aliphatic rings. The van der Waals surface area contributed by atoms with Crippen molar-refractivity contribution in [2.75, 3.05) is 24.5 Å². The van der Waals surface area contributed by atoms with Crippen LogP contribution in [-0.2, 0) is 11.2 Å². The predicted molar refractivity (Wildman–Crippen MR) is 94.5 cm³/mol. The number of anilines is 1. The van der Waals surface area contributed by atoms with Crippen molar-refractivity contribution in [2.24, 2.45) is 11.1 Å². The normalized spacial score (nSPS) is 22.3. The summed E-state index contributed by atoms with van der Waals surface area (Å²) in [6.07, 6.45) is 2.91. The molecule has 1 atom stereocenters. The van der Waals surface area contributed by atoms with Gasteiger partial charge in [0.05, 0.1) is 5.41 Å². The molecule has 4 heteroatoms. The Hall–Kier alpha value is -1.55. The lowest BCUT2D eigenvalue weighted by Crippen LogP contribution is -2.51. The third-order valence-corrected chi connectivity index (χ3v) is 5.32. The first kappa shape index (κ1) is 16.3. The summed E-state index contributed by atoms with van der Waals surface area (Å²) >= 11 is 0. The molecule has 1 fully saturated rings. The third kappa shape index (κ3) is 3.23. The minimum atomic E-state index is -0.382. The van der Waals surface area contributed by atoms with Crippen molar-refractivity contribution >= 4 is 11.6 Å². The van der Waals surface area contributed by atoms with Crippen molar-refractivity contribution in [3.05, 3.63) is 29.8 Å². The molecule has 3 rings (SSSR count). The molecule has 2 aliphatic heterocycles. The van der Waals surface area contributed by atoms with Gasteiger partial charge in [-0.15, -0.1) is 0 Å². The van der Waals surface area contributed by atoms with Crippen LogP contribution >= 0.6 is 0 Å². The van der Waals surface area contributed by atoms with Gasteiger partial charge in [0.15, 0.2) is 0 Å². The van der Waals surface area contributed by atoms with Crippen molar-refractivity contribution in [3.8, 4) is 0 Å². The smallest absolute Gasteiger partial charge is 0.230 e. The molecule has 2 heterocycles. The number of hydrogen-bond donors (Lipinski definition) is 1. The Bertz CT molecular complexity index is 576. The maximum absolute atomic E-state index is 13.0. The van der Waals surface area contributed by atoms with Crippen LogP contribution in [0.5, 0.6) is 0 Å². The highest BCUT2D eigenvalue weighted by atomic mass is 16.2. The van der Waals surface area contributed by atoms with Gasteiger partial charge in [-0.3, -0.25) is 4.79 Å². The van der Waals surface area contributed by atoms with Gasteiger partial charge in [-0.05, 0) is 51.7 Å². The summed E-state index contributed by atoms with van der Waals surface area (Å²) in [6.45, 7) is 8.78. The largest absolute Gasteiger partial charge is 0.367 e. The van der Waals surface area contributed by atoms with Crippen molar-refractivity contribution in [3.63, 3.8) is 0 Å². The van der Waals surface area contributed by atoms with Crippen LogP contribution in [0.1, 0.15) is 39.2 Å². The lowest BCUT2D eigenvalue weighted by Gasteiger charge is -2.39. The van der Waals surface area contributed by atoms with Crippen LogP contribution in [0.4, 0.5) is 5.69 Å². The molecular formula is C19H29N3O. The lowest BCUT2D eigenvalue weighted by atomic mass is 9.89. The molecule has 1 aromatic carbocycles. The topological polar surface area (TPSA) is 49.6 Å². The van der Waals surface area contributed by atoms with Crippen LogP contribution in [0, 0.1) is 5.41 Å². The van der Waals surface area contributed by atoms with Crippen molar-refractivity contribution in [2.45, 2.75) is 52.1 Å². The van der Waals surface area contributed by atoms with E-state index in [-0.39, 0.29) is 17.4 Å². The molecule has 1 unspecified atom stereocenters. The molecule has 0 saturated carbocycles. The van der Waals surface area contributed by atoms with Crippen LogP contribution in [0.15, 0.2) is 24.3 Å². The van der Waals surface area contributed by atoms with Crippen molar-refractivity contribution in [1.29, 1.82) is 0 Å². The van der Waals surface area contributed by atoms with E-state index >= 15 is 0 Å². The number of fused-ring (bicyclic) bond motifs is 1. The third-order valence-electron chi connectivity index (χ3n) is 5.32. The maximum Gasteiger partial charge on any atom is 0.230 e. The Morgan fingerprint density at radius 1 is 1.26 bits per heavy atom. The summed E-state index contributed by atoms with van der Waals surface area (Å²) in [5.74, 6) is 0.265. The molecule has 4 nitrogen and oxygen atoms in total. The van der Waals surface area contributed by atoms with E-state index < -0.39 is 0 Å². The highest BCUT2D eigenvalue weighted by molar-refractivity contribution is 5.83. The molecule has 1 amide bonds. The predicted octanol–water partition coefficient (Wildman–Crippen LogP) is 2.41. The van der Waals surface area contributed by atoms with Crippen LogP contribution in [0.3, 0.4) is 0 Å². The summed E-state index contributed by atoms with van der Waals surface area (Å²) in [5, 5.41) is 0. The molecule has 126 valence electrons. The first-order valence-electron chi connectivity index (χ1n) is 8.78. The van der Waals surface area contributed by atoms with E-state index in [9.17, 15) is 4.79 Å². The number of piperidine rings is 1. The molecule has 1 aromatic rings. The van der Waals surface area contributed by atoms with Gasteiger partial charge < -0.3 is 15.5 Å². The van der Waals surface area contributed by atoms with E-state index in [1.807, 2.05) is 4.90 Å². The standard InChI is InChI=1S/C19H29N3O/c1-14-12-15-6-4-5-7-17(15)22(14)13-19(2,3)18(23)21-10-8-16(20)9-11-21/h4-7,14,16H,8-13,20H2,1-3H3. The second-order valence-electron chi connectivity index (χ2n) is 7.82. The second-order valence-corrected chi connectivity index (χ2v) is 7.82. The zero-order chi connectivity index (χ0) is 16.6. The SMILES string of the molecule is CC1Cc2ccccc2N1CC(C)(C)C(=O)N1CCC(N)CC1. The number of nitrogens with zero attached hydrogens (tertiary/aromatic N) is 2. The summed E-state index contributed by atoms with van der Waals surface area (Å²) < 4.78 is 0. The van der Waals surface area contributed by atoms with E-state index in [1.54, 1.807) is 0 Å². The monoisotopic (exact) mass is 315 g/mol. The second kappa shape index (κ2) is 6.16. The molecule has 2 N–H and O–H groups in total. The molecule has 0 spiro atoms. The van der Waals surface area contributed by atoms with Gasteiger partial charge >= 0.3 is 0 Å². The average molecular weight is 315 g/mol. The van der Waals surface area contributed by atoms with Crippen LogP contribution in [-0.4, -0.2) is 42.5 Å². The average Bonchev–Trinajstić information content (AvgIpc) is 2.83. The van der Waals surface area contributed by atoms with Crippen LogP contribution in [0.25, 0.3) is 0 Å². The minimum Gasteiger partial charge on any atom is -0.367 e. The number of nitrogens with two attached hydrogens (primary N) is 1. The molecule has 0 aromatic heterocycles. The Morgan fingerprint density at radius 3 is 2.61 bits per heavy atom. The highest BCUT2D eigenvalue weighted by Crippen LogP contribution is 2.35. The Morgan fingerprint density at radius 2 is 1.91 bits per heavy atom. The highest BCUT2D eigenvalue weighted by Gasteiger charge is 2.38. The van der Waals surface area contributed by atoms with Crippen molar-refractivity contribution in [1.82, 2.24) is 4.90 Å². The van der Waals surface area contributed by atoms with Crippen molar-refractivity contribution < 1.29 is 4.79 Å². The fraction of sp³-hybridized carbons (Fsp3) is 0.632. The minimum absolute atomic E-state index is 0.257. The zero-order valence-electron chi connectivity index (χ0n) is 14.6. The number of amides is 1. The summed E-state index contributed by atoms with van der Waals surface area (Å²) in [5.41, 5.74) is 8.27. The molecule has 23 heavy (non-hydrogen) atoms. The van der Waals surface area contributed by atoms with Gasteiger partial charge in [0.2, 0.25) is 5.91 Å². The number of para-hydroxylation sites is 1. The molecule has 0 aliphatic carbocycles. The quantitative estimate of drug-likeness (QED) is 0.932. The Labute approximate surface area is 139 Å². The van der Waals surface area contributed by atoms with Gasteiger partial charge in [-0.1, -0.05) is 18.2 Å². The van der Waals surface area contributed by atoms with Crippen LogP contribution < -0.4 is 10.6 Å². The maximum atomic E-state index is 13.0. The summed E-state index contributed by atoms with van der Waals surface area (Å²) in [7, 11) is 0. The molecule has 0 bridgehead atoms. The van der Waals surface area contributed by atoms with E-state index in [1.165, 1.54) is 11.3 Å². The first-order valence-corrected chi connectivity index (χ1v) is 8.78. The van der Waals surface area contributed by atoms with Gasteiger partial charge in [0.25, 0.3) is 0 Å². The number of hydrogen-bond acceptors (Lipinski definition) is 3. The lowest BCUT2D eigenvalue weighted by molar-refractivity contribution is -0.141. The van der Waals surface area contributed by atoms with Gasteiger partial charge in [-0.2, -0.15) is 0 Å². The molecule has 0 radical (unpaired) electrons. The fourth-order valence-corrected chi connectivity index (χ4v) is 3.89. The number of carbonyl (C=O) groups is 1.